The summed E-state index contributed by atoms with van der Waals surface area (Å²) < 4.78 is 6.28. The first-order valence-electron chi connectivity index (χ1n) is 8.11. The van der Waals surface area contributed by atoms with E-state index >= 15 is 0 Å². The predicted molar refractivity (Wildman–Crippen MR) is 92.4 cm³/mol. The van der Waals surface area contributed by atoms with Crippen molar-refractivity contribution < 1.29 is 4.74 Å². The van der Waals surface area contributed by atoms with Crippen molar-refractivity contribution in [2.24, 2.45) is 0 Å². The van der Waals surface area contributed by atoms with E-state index in [1.54, 1.807) is 0 Å². The van der Waals surface area contributed by atoms with Crippen LogP contribution in [0.4, 0.5) is 0 Å². The van der Waals surface area contributed by atoms with E-state index in [4.69, 9.17) is 4.74 Å². The number of aromatic nitrogens is 1. The Morgan fingerprint density at radius 2 is 1.91 bits per heavy atom. The molecule has 0 aliphatic carbocycles. The van der Waals surface area contributed by atoms with Gasteiger partial charge in [-0.3, -0.25) is 4.98 Å². The van der Waals surface area contributed by atoms with Crippen molar-refractivity contribution in [3.8, 4) is 0 Å². The lowest BCUT2D eigenvalue weighted by atomic mass is 9.96. The highest BCUT2D eigenvalue weighted by atomic mass is 16.5. The molecule has 0 amide bonds. The number of fused-ring (bicyclic) bond motifs is 1. The number of ether oxygens (including phenoxy) is 1. The molecule has 0 saturated carbocycles. The molecule has 4 rings (SSSR count). The number of benzene rings is 2. The first kappa shape index (κ1) is 14.4. The summed E-state index contributed by atoms with van der Waals surface area (Å²) in [6.07, 6.45) is 3.97. The second kappa shape index (κ2) is 6.49. The zero-order valence-corrected chi connectivity index (χ0v) is 13.0. The van der Waals surface area contributed by atoms with Gasteiger partial charge in [0.05, 0.1) is 12.7 Å². The minimum Gasteiger partial charge on any atom is -0.372 e. The molecule has 1 saturated heterocycles. The van der Waals surface area contributed by atoms with Gasteiger partial charge in [0.2, 0.25) is 0 Å². The smallest absolute Gasteiger partial charge is 0.0784 e. The monoisotopic (exact) mass is 304 g/mol. The molecule has 1 fully saturated rings. The summed E-state index contributed by atoms with van der Waals surface area (Å²) in [5.41, 5.74) is 2.58. The molecular weight excluding hydrogens is 284 g/mol. The molecule has 3 aromatic rings. The van der Waals surface area contributed by atoms with Crippen molar-refractivity contribution in [1.29, 1.82) is 0 Å². The van der Waals surface area contributed by atoms with Crippen LogP contribution in [-0.4, -0.2) is 24.2 Å². The second-order valence-electron chi connectivity index (χ2n) is 6.04. The Kier molecular flexibility index (Phi) is 4.05. The molecule has 0 unspecified atom stereocenters. The lowest BCUT2D eigenvalue weighted by Gasteiger charge is -2.20. The zero-order chi connectivity index (χ0) is 15.5. The highest BCUT2D eigenvalue weighted by molar-refractivity contribution is 5.84. The van der Waals surface area contributed by atoms with Crippen molar-refractivity contribution in [3.63, 3.8) is 0 Å². The van der Waals surface area contributed by atoms with Crippen LogP contribution >= 0.6 is 0 Å². The summed E-state index contributed by atoms with van der Waals surface area (Å²) in [4.78, 5) is 4.19. The quantitative estimate of drug-likeness (QED) is 0.801. The van der Waals surface area contributed by atoms with Gasteiger partial charge in [-0.05, 0) is 22.6 Å². The van der Waals surface area contributed by atoms with Gasteiger partial charge in [-0.2, -0.15) is 0 Å². The van der Waals surface area contributed by atoms with E-state index in [2.05, 4.69) is 64.9 Å². The minimum absolute atomic E-state index is 0.217. The van der Waals surface area contributed by atoms with E-state index in [1.165, 1.54) is 16.5 Å². The Bertz CT molecular complexity index is 783. The highest BCUT2D eigenvalue weighted by Gasteiger charge is 2.29. The number of pyridine rings is 1. The molecule has 2 heterocycles. The Morgan fingerprint density at radius 3 is 2.83 bits per heavy atom. The van der Waals surface area contributed by atoms with Gasteiger partial charge in [0.15, 0.2) is 0 Å². The maximum absolute atomic E-state index is 6.28. The number of hydrogen-bond acceptors (Lipinski definition) is 3. The first-order chi connectivity index (χ1) is 11.4. The fourth-order valence-electron chi connectivity index (χ4n) is 3.37. The topological polar surface area (TPSA) is 34.1 Å². The molecule has 23 heavy (non-hydrogen) atoms. The molecule has 1 aromatic heterocycles. The van der Waals surface area contributed by atoms with Crippen molar-refractivity contribution in [3.05, 3.63) is 78.1 Å². The first-order valence-corrected chi connectivity index (χ1v) is 8.11. The summed E-state index contributed by atoms with van der Waals surface area (Å²) in [6, 6.07) is 19.0. The van der Waals surface area contributed by atoms with Gasteiger partial charge in [0.1, 0.15) is 0 Å². The van der Waals surface area contributed by atoms with Crippen molar-refractivity contribution in [2.45, 2.75) is 18.6 Å². The number of nitrogens with one attached hydrogen (secondary N) is 1. The van der Waals surface area contributed by atoms with Crippen LogP contribution in [0.1, 0.15) is 17.0 Å². The molecule has 1 N–H and O–H groups in total. The number of rotatable bonds is 4. The van der Waals surface area contributed by atoms with Crippen LogP contribution in [0, 0.1) is 0 Å². The van der Waals surface area contributed by atoms with Crippen LogP contribution in [0.2, 0.25) is 0 Å². The van der Waals surface area contributed by atoms with E-state index in [0.717, 1.165) is 18.5 Å². The average molecular weight is 304 g/mol. The summed E-state index contributed by atoms with van der Waals surface area (Å²) >= 11 is 0. The van der Waals surface area contributed by atoms with Gasteiger partial charge in [0.25, 0.3) is 0 Å². The van der Waals surface area contributed by atoms with Gasteiger partial charge in [-0.1, -0.05) is 48.5 Å². The van der Waals surface area contributed by atoms with Crippen LogP contribution in [0.25, 0.3) is 10.8 Å². The fourth-order valence-corrected chi connectivity index (χ4v) is 3.37. The maximum atomic E-state index is 6.28. The van der Waals surface area contributed by atoms with Gasteiger partial charge in [0, 0.05) is 36.8 Å². The van der Waals surface area contributed by atoms with E-state index in [-0.39, 0.29) is 6.10 Å². The Labute approximate surface area is 136 Å². The summed E-state index contributed by atoms with van der Waals surface area (Å²) in [7, 11) is 0. The van der Waals surface area contributed by atoms with Gasteiger partial charge >= 0.3 is 0 Å². The maximum Gasteiger partial charge on any atom is 0.0784 e. The minimum atomic E-state index is 0.217. The van der Waals surface area contributed by atoms with Crippen molar-refractivity contribution in [2.75, 3.05) is 13.1 Å². The lowest BCUT2D eigenvalue weighted by molar-refractivity contribution is 0.0439. The van der Waals surface area contributed by atoms with E-state index < -0.39 is 0 Å². The molecule has 2 aromatic carbocycles. The zero-order valence-electron chi connectivity index (χ0n) is 13.0. The fraction of sp³-hybridized carbons (Fsp3) is 0.250. The predicted octanol–water partition coefficient (Wildman–Crippen LogP) is 3.51. The number of hydrogen-bond donors (Lipinski definition) is 1. The van der Waals surface area contributed by atoms with Gasteiger partial charge < -0.3 is 10.1 Å². The highest BCUT2D eigenvalue weighted by Crippen LogP contribution is 2.27. The molecule has 0 radical (unpaired) electrons. The van der Waals surface area contributed by atoms with Crippen LogP contribution in [0.3, 0.4) is 0 Å². The molecule has 1 aliphatic heterocycles. The lowest BCUT2D eigenvalue weighted by Crippen LogP contribution is -2.21. The Morgan fingerprint density at radius 1 is 1.00 bits per heavy atom. The third kappa shape index (κ3) is 2.98. The Hall–Kier alpha value is -2.23. The SMILES string of the molecule is c1ccc([C@H]2CNC[C@@H]2OCc2cccc3cnccc23)cc1. The standard InChI is InChI=1S/C20H20N2O/c1-2-5-15(6-3-1)19-12-22-13-20(19)23-14-17-8-4-7-16-11-21-10-9-18(16)17/h1-11,19-20,22H,12-14H2/t19-,20+/m1/s1. The van der Waals surface area contributed by atoms with E-state index in [0.29, 0.717) is 12.5 Å². The van der Waals surface area contributed by atoms with Crippen LogP contribution in [-0.2, 0) is 11.3 Å². The molecule has 3 heteroatoms. The Balaban J connectivity index is 1.52. The second-order valence-corrected chi connectivity index (χ2v) is 6.04. The summed E-state index contributed by atoms with van der Waals surface area (Å²) in [5, 5.41) is 5.85. The van der Waals surface area contributed by atoms with E-state index in [9.17, 15) is 0 Å². The molecule has 3 nitrogen and oxygen atoms in total. The molecular formula is C20H20N2O. The van der Waals surface area contributed by atoms with E-state index in [1.807, 2.05) is 12.4 Å². The van der Waals surface area contributed by atoms with Crippen molar-refractivity contribution >= 4 is 10.8 Å². The van der Waals surface area contributed by atoms with Gasteiger partial charge in [-0.15, -0.1) is 0 Å². The summed E-state index contributed by atoms with van der Waals surface area (Å²) in [5.74, 6) is 0.424. The van der Waals surface area contributed by atoms with Crippen LogP contribution < -0.4 is 5.32 Å². The normalized spacial score (nSPS) is 20.9. The molecule has 0 spiro atoms. The molecule has 0 bridgehead atoms. The average Bonchev–Trinajstić information content (AvgIpc) is 3.09. The largest absolute Gasteiger partial charge is 0.372 e. The molecule has 2 atom stereocenters. The molecule has 116 valence electrons. The van der Waals surface area contributed by atoms with Crippen LogP contribution in [0.15, 0.2) is 67.0 Å². The third-order valence-electron chi connectivity index (χ3n) is 4.61. The van der Waals surface area contributed by atoms with Gasteiger partial charge in [-0.25, -0.2) is 0 Å². The third-order valence-corrected chi connectivity index (χ3v) is 4.61. The summed E-state index contributed by atoms with van der Waals surface area (Å²) in [6.45, 7) is 2.52. The number of nitrogens with zero attached hydrogens (tertiary/aromatic N) is 1. The van der Waals surface area contributed by atoms with Crippen LogP contribution in [0.5, 0.6) is 0 Å². The van der Waals surface area contributed by atoms with Crippen molar-refractivity contribution in [1.82, 2.24) is 10.3 Å². The molecule has 1 aliphatic rings.